The van der Waals surface area contributed by atoms with E-state index < -0.39 is 0 Å². The molecule has 0 bridgehead atoms. The van der Waals surface area contributed by atoms with Crippen LogP contribution in [-0.4, -0.2) is 16.6 Å². The lowest BCUT2D eigenvalue weighted by Crippen LogP contribution is -1.89. The maximum absolute atomic E-state index is 4.53. The summed E-state index contributed by atoms with van der Waals surface area (Å²) in [4.78, 5) is 8.79. The Balaban J connectivity index is 2.28. The van der Waals surface area contributed by atoms with Gasteiger partial charge in [-0.15, -0.1) is 0 Å². The number of nitrogens with zero attached hydrogens (tertiary/aromatic N) is 2. The van der Waals surface area contributed by atoms with Crippen molar-refractivity contribution in [2.45, 2.75) is 26.0 Å². The predicted octanol–water partition coefficient (Wildman–Crippen LogP) is 3.50. The van der Waals surface area contributed by atoms with E-state index in [0.29, 0.717) is 5.25 Å². The van der Waals surface area contributed by atoms with Gasteiger partial charge in [-0.25, -0.2) is 9.98 Å². The number of amidine groups is 1. The summed E-state index contributed by atoms with van der Waals surface area (Å²) in [6.45, 7) is 6.30. The van der Waals surface area contributed by atoms with Gasteiger partial charge in [0.1, 0.15) is 0 Å². The molecular formula is C12H14N2S. The summed E-state index contributed by atoms with van der Waals surface area (Å²) < 4.78 is 0. The molecule has 0 aromatic heterocycles. The van der Waals surface area contributed by atoms with Gasteiger partial charge in [0.15, 0.2) is 5.17 Å². The van der Waals surface area contributed by atoms with E-state index >= 15 is 0 Å². The van der Waals surface area contributed by atoms with Gasteiger partial charge in [-0.1, -0.05) is 29.5 Å². The minimum atomic E-state index is 0.453. The van der Waals surface area contributed by atoms with Gasteiger partial charge in [-0.05, 0) is 32.4 Å². The Morgan fingerprint density at radius 2 is 2.13 bits per heavy atom. The van der Waals surface area contributed by atoms with E-state index in [-0.39, 0.29) is 0 Å². The number of rotatable bonds is 1. The van der Waals surface area contributed by atoms with Crippen LogP contribution in [0.2, 0.25) is 0 Å². The molecule has 1 aliphatic rings. The predicted molar refractivity (Wildman–Crippen MR) is 68.6 cm³/mol. The molecule has 0 saturated carbocycles. The third-order valence-electron chi connectivity index (χ3n) is 2.25. The molecule has 0 amide bonds. The fourth-order valence-corrected chi connectivity index (χ4v) is 2.21. The van der Waals surface area contributed by atoms with Crippen molar-refractivity contribution in [3.63, 3.8) is 0 Å². The lowest BCUT2D eigenvalue weighted by molar-refractivity contribution is 1.34. The molecule has 2 nitrogen and oxygen atoms in total. The molecule has 1 heterocycles. The first-order valence-electron chi connectivity index (χ1n) is 5.02. The normalized spacial score (nSPS) is 22.6. The zero-order chi connectivity index (χ0) is 10.8. The van der Waals surface area contributed by atoms with Crippen LogP contribution in [0.15, 0.2) is 28.2 Å². The van der Waals surface area contributed by atoms with Crippen LogP contribution < -0.4 is 0 Å². The molecule has 1 atom stereocenters. The number of thioether (sulfide) groups is 1. The first-order chi connectivity index (χ1) is 7.15. The third-order valence-corrected chi connectivity index (χ3v) is 3.16. The molecule has 1 aromatic carbocycles. The summed E-state index contributed by atoms with van der Waals surface area (Å²) in [5.74, 6) is 0. The Hall–Kier alpha value is -1.09. The molecule has 0 fully saturated rings. The minimum Gasteiger partial charge on any atom is -0.234 e. The van der Waals surface area contributed by atoms with Crippen molar-refractivity contribution in [1.29, 1.82) is 0 Å². The molecule has 1 aliphatic heterocycles. The van der Waals surface area contributed by atoms with Crippen molar-refractivity contribution in [2.75, 3.05) is 0 Å². The van der Waals surface area contributed by atoms with E-state index in [0.717, 1.165) is 10.9 Å². The summed E-state index contributed by atoms with van der Waals surface area (Å²) in [7, 11) is 0. The highest BCUT2D eigenvalue weighted by Crippen LogP contribution is 2.25. The number of hydrogen-bond acceptors (Lipinski definition) is 2. The monoisotopic (exact) mass is 218 g/mol. The lowest BCUT2D eigenvalue weighted by Gasteiger charge is -2.02. The number of benzene rings is 1. The van der Waals surface area contributed by atoms with Crippen molar-refractivity contribution in [3.05, 3.63) is 29.3 Å². The molecule has 78 valence electrons. The van der Waals surface area contributed by atoms with Crippen LogP contribution in [0.3, 0.4) is 0 Å². The first-order valence-corrected chi connectivity index (χ1v) is 5.90. The molecule has 15 heavy (non-hydrogen) atoms. The molecule has 1 unspecified atom stereocenters. The van der Waals surface area contributed by atoms with Gasteiger partial charge in [-0.2, -0.15) is 0 Å². The van der Waals surface area contributed by atoms with E-state index in [1.54, 1.807) is 11.8 Å². The van der Waals surface area contributed by atoms with Crippen molar-refractivity contribution in [3.8, 4) is 0 Å². The summed E-state index contributed by atoms with van der Waals surface area (Å²) in [5.41, 5.74) is 3.50. The van der Waals surface area contributed by atoms with Gasteiger partial charge in [0.05, 0.1) is 5.69 Å². The average molecular weight is 218 g/mol. The van der Waals surface area contributed by atoms with Crippen LogP contribution >= 0.6 is 11.8 Å². The van der Waals surface area contributed by atoms with Gasteiger partial charge in [0.25, 0.3) is 0 Å². The number of aryl methyl sites for hydroxylation is 2. The van der Waals surface area contributed by atoms with Gasteiger partial charge in [0.2, 0.25) is 0 Å². The van der Waals surface area contributed by atoms with Gasteiger partial charge in [0, 0.05) is 11.5 Å². The van der Waals surface area contributed by atoms with Crippen LogP contribution in [0.5, 0.6) is 0 Å². The molecule has 1 aromatic rings. The molecule has 3 heteroatoms. The van der Waals surface area contributed by atoms with E-state index in [2.05, 4.69) is 49.0 Å². The Kier molecular flexibility index (Phi) is 2.91. The largest absolute Gasteiger partial charge is 0.234 e. The van der Waals surface area contributed by atoms with Crippen LogP contribution in [0.1, 0.15) is 18.1 Å². The van der Waals surface area contributed by atoms with Crippen LogP contribution in [0.25, 0.3) is 0 Å². The summed E-state index contributed by atoms with van der Waals surface area (Å²) >= 11 is 1.70. The molecule has 0 N–H and O–H groups in total. The van der Waals surface area contributed by atoms with Gasteiger partial charge >= 0.3 is 0 Å². The van der Waals surface area contributed by atoms with Crippen LogP contribution in [-0.2, 0) is 0 Å². The van der Waals surface area contributed by atoms with Gasteiger partial charge < -0.3 is 0 Å². The molecule has 0 saturated heterocycles. The standard InChI is InChI=1S/C12H14N2S/c1-8-4-5-11(9(2)6-8)14-12-13-7-10(3)15-12/h4-7,10H,1-3H3. The van der Waals surface area contributed by atoms with E-state index in [9.17, 15) is 0 Å². The highest BCUT2D eigenvalue weighted by atomic mass is 32.2. The fourth-order valence-electron chi connectivity index (χ4n) is 1.48. The van der Waals surface area contributed by atoms with Crippen LogP contribution in [0.4, 0.5) is 5.69 Å². The summed E-state index contributed by atoms with van der Waals surface area (Å²) in [6.07, 6.45) is 1.94. The first kappa shape index (κ1) is 10.4. The average Bonchev–Trinajstić information content (AvgIpc) is 2.56. The third kappa shape index (κ3) is 2.48. The van der Waals surface area contributed by atoms with E-state index in [1.807, 2.05) is 6.21 Å². The Labute approximate surface area is 94.5 Å². The number of aliphatic imine (C=N–C) groups is 2. The summed E-state index contributed by atoms with van der Waals surface area (Å²) in [5, 5.41) is 1.32. The highest BCUT2D eigenvalue weighted by Gasteiger charge is 2.12. The van der Waals surface area contributed by atoms with Crippen molar-refractivity contribution >= 4 is 28.8 Å². The molecule has 0 radical (unpaired) electrons. The van der Waals surface area contributed by atoms with Crippen molar-refractivity contribution in [1.82, 2.24) is 0 Å². The SMILES string of the molecule is Cc1ccc(N=C2N=CC(C)S2)c(C)c1. The van der Waals surface area contributed by atoms with Crippen molar-refractivity contribution < 1.29 is 0 Å². The summed E-state index contributed by atoms with van der Waals surface area (Å²) in [6, 6.07) is 6.28. The topological polar surface area (TPSA) is 24.7 Å². The Morgan fingerprint density at radius 1 is 1.33 bits per heavy atom. The quantitative estimate of drug-likeness (QED) is 0.708. The maximum Gasteiger partial charge on any atom is 0.188 e. The van der Waals surface area contributed by atoms with E-state index in [1.165, 1.54) is 11.1 Å². The molecule has 0 spiro atoms. The molecular weight excluding hydrogens is 204 g/mol. The highest BCUT2D eigenvalue weighted by molar-refractivity contribution is 8.15. The zero-order valence-electron chi connectivity index (χ0n) is 9.19. The maximum atomic E-state index is 4.53. The Morgan fingerprint density at radius 3 is 2.73 bits per heavy atom. The number of hydrogen-bond donors (Lipinski definition) is 0. The lowest BCUT2D eigenvalue weighted by atomic mass is 10.1. The van der Waals surface area contributed by atoms with Gasteiger partial charge in [-0.3, -0.25) is 0 Å². The van der Waals surface area contributed by atoms with Crippen molar-refractivity contribution in [2.24, 2.45) is 9.98 Å². The van der Waals surface area contributed by atoms with Crippen LogP contribution in [0, 0.1) is 13.8 Å². The fraction of sp³-hybridized carbons (Fsp3) is 0.333. The minimum absolute atomic E-state index is 0.453. The second kappa shape index (κ2) is 4.19. The molecule has 0 aliphatic carbocycles. The van der Waals surface area contributed by atoms with E-state index in [4.69, 9.17) is 0 Å². The smallest absolute Gasteiger partial charge is 0.188 e. The second-order valence-electron chi connectivity index (χ2n) is 3.79. The second-order valence-corrected chi connectivity index (χ2v) is 5.13. The zero-order valence-corrected chi connectivity index (χ0v) is 10.0. The Bertz CT molecular complexity index is 435. The molecule has 2 rings (SSSR count).